The van der Waals surface area contributed by atoms with Gasteiger partial charge < -0.3 is 5.11 Å². The first-order valence-electron chi connectivity index (χ1n) is 3.58. The molecule has 80 valence electrons. The van der Waals surface area contributed by atoms with Crippen LogP contribution in [0.1, 0.15) is 6.92 Å². The van der Waals surface area contributed by atoms with Gasteiger partial charge >= 0.3 is 0 Å². The molecule has 0 spiro atoms. The highest BCUT2D eigenvalue weighted by atomic mass is 32.2. The second-order valence-corrected chi connectivity index (χ2v) is 7.65. The second kappa shape index (κ2) is 3.93. The van der Waals surface area contributed by atoms with E-state index < -0.39 is 36.8 Å². The molecular weight excluding hydrogens is 216 g/mol. The maximum atomic E-state index is 11.0. The van der Waals surface area contributed by atoms with Crippen molar-refractivity contribution in [1.82, 2.24) is 0 Å². The molecule has 0 aliphatic rings. The molecule has 1 N–H and O–H groups in total. The van der Waals surface area contributed by atoms with Gasteiger partial charge in [-0.25, -0.2) is 16.8 Å². The number of aliphatic hydroxyl groups is 1. The zero-order valence-corrected chi connectivity index (χ0v) is 9.39. The van der Waals surface area contributed by atoms with Crippen LogP contribution in [0.4, 0.5) is 0 Å². The van der Waals surface area contributed by atoms with E-state index in [1.807, 2.05) is 0 Å². The summed E-state index contributed by atoms with van der Waals surface area (Å²) in [6, 6.07) is 0. The Labute approximate surface area is 78.6 Å². The third-order valence-electron chi connectivity index (χ3n) is 1.56. The van der Waals surface area contributed by atoms with Crippen molar-refractivity contribution >= 4 is 19.7 Å². The SMILES string of the molecule is CC(O)C(CS(C)(=O)=O)S(C)(=O)=O. The van der Waals surface area contributed by atoms with Gasteiger partial charge in [0.1, 0.15) is 15.1 Å². The lowest BCUT2D eigenvalue weighted by atomic mass is 10.3. The van der Waals surface area contributed by atoms with E-state index in [2.05, 4.69) is 0 Å². The summed E-state index contributed by atoms with van der Waals surface area (Å²) in [5.41, 5.74) is 0. The van der Waals surface area contributed by atoms with Gasteiger partial charge in [-0.05, 0) is 6.92 Å². The van der Waals surface area contributed by atoms with Gasteiger partial charge in [0.25, 0.3) is 0 Å². The van der Waals surface area contributed by atoms with Gasteiger partial charge in [0.2, 0.25) is 0 Å². The summed E-state index contributed by atoms with van der Waals surface area (Å²) in [6.45, 7) is 1.26. The maximum absolute atomic E-state index is 11.0. The number of hydrogen-bond acceptors (Lipinski definition) is 5. The third kappa shape index (κ3) is 5.22. The number of aliphatic hydroxyl groups excluding tert-OH is 1. The first kappa shape index (κ1) is 12.9. The van der Waals surface area contributed by atoms with Crippen LogP contribution in [0.25, 0.3) is 0 Å². The molecule has 0 saturated heterocycles. The Morgan fingerprint density at radius 1 is 1.15 bits per heavy atom. The molecule has 0 aromatic rings. The predicted molar refractivity (Wildman–Crippen MR) is 50.0 cm³/mol. The standard InChI is InChI=1S/C6H14O5S2/c1-5(7)6(13(3,10)11)4-12(2,8)9/h5-7H,4H2,1-3H3. The summed E-state index contributed by atoms with van der Waals surface area (Å²) in [7, 11) is -6.92. The van der Waals surface area contributed by atoms with Gasteiger partial charge in [0.15, 0.2) is 9.84 Å². The Balaban J connectivity index is 4.88. The van der Waals surface area contributed by atoms with E-state index in [0.29, 0.717) is 0 Å². The van der Waals surface area contributed by atoms with E-state index in [-0.39, 0.29) is 0 Å². The van der Waals surface area contributed by atoms with Crippen molar-refractivity contribution in [3.63, 3.8) is 0 Å². The molecule has 13 heavy (non-hydrogen) atoms. The predicted octanol–water partition coefficient (Wildman–Crippen LogP) is -1.17. The van der Waals surface area contributed by atoms with Crippen LogP contribution in [-0.2, 0) is 19.7 Å². The van der Waals surface area contributed by atoms with E-state index >= 15 is 0 Å². The van der Waals surface area contributed by atoms with Crippen molar-refractivity contribution in [2.24, 2.45) is 0 Å². The Morgan fingerprint density at radius 3 is 1.62 bits per heavy atom. The average molecular weight is 230 g/mol. The fourth-order valence-corrected chi connectivity index (χ4v) is 4.24. The second-order valence-electron chi connectivity index (χ2n) is 3.20. The minimum atomic E-state index is -3.53. The molecule has 0 radical (unpaired) electrons. The van der Waals surface area contributed by atoms with Crippen molar-refractivity contribution < 1.29 is 21.9 Å². The van der Waals surface area contributed by atoms with Gasteiger partial charge in [-0.15, -0.1) is 0 Å². The van der Waals surface area contributed by atoms with Gasteiger partial charge in [0, 0.05) is 12.5 Å². The fraction of sp³-hybridized carbons (Fsp3) is 1.00. The van der Waals surface area contributed by atoms with Crippen LogP contribution in [0.5, 0.6) is 0 Å². The Bertz CT molecular complexity index is 350. The largest absolute Gasteiger partial charge is 0.392 e. The van der Waals surface area contributed by atoms with Crippen molar-refractivity contribution in [1.29, 1.82) is 0 Å². The molecule has 0 bridgehead atoms. The normalized spacial score (nSPS) is 18.2. The molecule has 0 rings (SSSR count). The minimum absolute atomic E-state index is 0.538. The Kier molecular flexibility index (Phi) is 3.89. The van der Waals surface area contributed by atoms with Crippen LogP contribution in [0.3, 0.4) is 0 Å². The zero-order chi connectivity index (χ0) is 10.9. The number of sulfone groups is 2. The summed E-state index contributed by atoms with van der Waals surface area (Å²) in [5, 5.41) is 7.83. The number of rotatable bonds is 4. The Hall–Kier alpha value is -0.140. The van der Waals surface area contributed by atoms with Gasteiger partial charge in [0.05, 0.1) is 11.9 Å². The molecule has 5 nitrogen and oxygen atoms in total. The van der Waals surface area contributed by atoms with E-state index in [4.69, 9.17) is 5.11 Å². The van der Waals surface area contributed by atoms with Crippen LogP contribution in [0, 0.1) is 0 Å². The van der Waals surface area contributed by atoms with Crippen molar-refractivity contribution in [2.75, 3.05) is 18.3 Å². The summed E-state index contributed by atoms with van der Waals surface area (Å²) in [6.07, 6.45) is 0.674. The van der Waals surface area contributed by atoms with E-state index in [1.54, 1.807) is 0 Å². The van der Waals surface area contributed by atoms with Crippen LogP contribution < -0.4 is 0 Å². The highest BCUT2D eigenvalue weighted by Crippen LogP contribution is 2.07. The monoisotopic (exact) mass is 230 g/mol. The third-order valence-corrected chi connectivity index (χ3v) is 4.39. The lowest BCUT2D eigenvalue weighted by molar-refractivity contribution is 0.193. The smallest absolute Gasteiger partial charge is 0.153 e. The van der Waals surface area contributed by atoms with Crippen LogP contribution in [0.2, 0.25) is 0 Å². The first-order valence-corrected chi connectivity index (χ1v) is 7.60. The highest BCUT2D eigenvalue weighted by Gasteiger charge is 2.29. The molecule has 0 fully saturated rings. The maximum Gasteiger partial charge on any atom is 0.153 e. The van der Waals surface area contributed by atoms with Crippen LogP contribution in [0.15, 0.2) is 0 Å². The zero-order valence-electron chi connectivity index (χ0n) is 7.76. The Morgan fingerprint density at radius 2 is 1.54 bits per heavy atom. The molecule has 0 aliphatic heterocycles. The summed E-state index contributed by atoms with van der Waals surface area (Å²) < 4.78 is 43.7. The molecule has 0 saturated carbocycles. The lowest BCUT2D eigenvalue weighted by Gasteiger charge is -2.16. The lowest BCUT2D eigenvalue weighted by Crippen LogP contribution is -2.37. The van der Waals surface area contributed by atoms with Gasteiger partial charge in [-0.3, -0.25) is 0 Å². The number of hydrogen-bond donors (Lipinski definition) is 1. The molecule has 2 atom stereocenters. The van der Waals surface area contributed by atoms with Crippen LogP contribution in [-0.4, -0.2) is 51.6 Å². The molecule has 0 aliphatic carbocycles. The van der Waals surface area contributed by atoms with E-state index in [9.17, 15) is 16.8 Å². The van der Waals surface area contributed by atoms with Crippen molar-refractivity contribution in [3.05, 3.63) is 0 Å². The van der Waals surface area contributed by atoms with Crippen molar-refractivity contribution in [2.45, 2.75) is 18.3 Å². The summed E-state index contributed by atoms with van der Waals surface area (Å²) in [5.74, 6) is -0.538. The van der Waals surface area contributed by atoms with E-state index in [0.717, 1.165) is 12.5 Å². The van der Waals surface area contributed by atoms with E-state index in [1.165, 1.54) is 6.92 Å². The molecule has 7 heteroatoms. The average Bonchev–Trinajstić information content (AvgIpc) is 1.77. The molecule has 2 unspecified atom stereocenters. The fourth-order valence-electron chi connectivity index (χ4n) is 0.919. The quantitative estimate of drug-likeness (QED) is 0.657. The molecule has 0 heterocycles. The first-order chi connectivity index (χ1) is 5.54. The molecule has 0 aromatic heterocycles. The molecule has 0 amide bonds. The summed E-state index contributed by atoms with van der Waals surface area (Å²) in [4.78, 5) is 0. The highest BCUT2D eigenvalue weighted by molar-refractivity contribution is 7.94. The molecule has 0 aromatic carbocycles. The minimum Gasteiger partial charge on any atom is -0.392 e. The topological polar surface area (TPSA) is 88.5 Å². The van der Waals surface area contributed by atoms with Gasteiger partial charge in [-0.1, -0.05) is 0 Å². The molecular formula is C6H14O5S2. The van der Waals surface area contributed by atoms with Crippen LogP contribution >= 0.6 is 0 Å². The summed E-state index contributed by atoms with van der Waals surface area (Å²) >= 11 is 0. The van der Waals surface area contributed by atoms with Gasteiger partial charge in [-0.2, -0.15) is 0 Å². The van der Waals surface area contributed by atoms with Crippen molar-refractivity contribution in [3.8, 4) is 0 Å².